The van der Waals surface area contributed by atoms with E-state index in [1.54, 1.807) is 0 Å². The van der Waals surface area contributed by atoms with Gasteiger partial charge in [-0.3, -0.25) is 4.99 Å². The molecule has 1 saturated heterocycles. The summed E-state index contributed by atoms with van der Waals surface area (Å²) in [5.41, 5.74) is 1.29. The van der Waals surface area contributed by atoms with Crippen LogP contribution in [-0.4, -0.2) is 60.2 Å². The molecule has 0 spiro atoms. The second kappa shape index (κ2) is 10.7. The largest absolute Gasteiger partial charge is 0.356 e. The summed E-state index contributed by atoms with van der Waals surface area (Å²) in [5.74, 6) is 1.96. The minimum absolute atomic E-state index is 0.815. The van der Waals surface area contributed by atoms with Crippen molar-refractivity contribution in [3.05, 3.63) is 54.1 Å². The summed E-state index contributed by atoms with van der Waals surface area (Å²) in [5, 5.41) is 6.82. The molecule has 0 saturated carbocycles. The van der Waals surface area contributed by atoms with Gasteiger partial charge >= 0.3 is 0 Å². The highest BCUT2D eigenvalue weighted by Crippen LogP contribution is 2.07. The number of aromatic nitrogens is 2. The van der Waals surface area contributed by atoms with Crippen LogP contribution in [0.1, 0.15) is 30.7 Å². The molecule has 2 N–H and O–H groups in total. The van der Waals surface area contributed by atoms with E-state index in [9.17, 15) is 0 Å². The predicted octanol–water partition coefficient (Wildman–Crippen LogP) is 2.12. The fraction of sp³-hybridized carbons (Fsp3) is 0.524. The van der Waals surface area contributed by atoms with Crippen LogP contribution in [0.3, 0.4) is 0 Å². The molecule has 6 heteroatoms. The van der Waals surface area contributed by atoms with Crippen LogP contribution in [0.5, 0.6) is 0 Å². The van der Waals surface area contributed by atoms with Crippen molar-refractivity contribution in [2.24, 2.45) is 4.99 Å². The van der Waals surface area contributed by atoms with Crippen molar-refractivity contribution >= 4 is 5.96 Å². The van der Waals surface area contributed by atoms with Crippen molar-refractivity contribution in [3.63, 3.8) is 0 Å². The van der Waals surface area contributed by atoms with Crippen LogP contribution >= 0.6 is 0 Å². The molecule has 3 rings (SSSR count). The number of aliphatic imine (C=N–C) groups is 1. The summed E-state index contributed by atoms with van der Waals surface area (Å²) in [6.07, 6.45) is 8.85. The zero-order valence-corrected chi connectivity index (χ0v) is 16.4. The smallest absolute Gasteiger partial charge is 0.191 e. The lowest BCUT2D eigenvalue weighted by molar-refractivity contribution is 0.232. The third-order valence-electron chi connectivity index (χ3n) is 5.03. The van der Waals surface area contributed by atoms with E-state index in [4.69, 9.17) is 0 Å². The minimum Gasteiger partial charge on any atom is -0.356 e. The molecule has 0 radical (unpaired) electrons. The molecule has 1 aromatic heterocycles. The van der Waals surface area contributed by atoms with Gasteiger partial charge in [0.15, 0.2) is 5.96 Å². The standard InChI is InChI=1S/C21H32N6/c1-22-21(25-12-16-26-14-6-3-7-15-26)24-11-10-20-23-13-17-27(20)18-19-8-4-2-5-9-19/h2,4-5,8-9,13,17H,3,6-7,10-12,14-16,18H2,1H3,(H2,22,24,25). The molecular formula is C21H32N6. The summed E-state index contributed by atoms with van der Waals surface area (Å²) < 4.78 is 2.21. The highest BCUT2D eigenvalue weighted by atomic mass is 15.2. The van der Waals surface area contributed by atoms with Crippen LogP contribution in [0.25, 0.3) is 0 Å². The topological polar surface area (TPSA) is 57.5 Å². The third kappa shape index (κ3) is 6.40. The second-order valence-corrected chi connectivity index (χ2v) is 7.04. The van der Waals surface area contributed by atoms with Gasteiger partial charge < -0.3 is 20.1 Å². The number of hydrogen-bond acceptors (Lipinski definition) is 3. The Hall–Kier alpha value is -2.34. The van der Waals surface area contributed by atoms with Gasteiger partial charge in [0.05, 0.1) is 0 Å². The van der Waals surface area contributed by atoms with E-state index in [-0.39, 0.29) is 0 Å². The Labute approximate surface area is 162 Å². The Morgan fingerprint density at radius 3 is 2.63 bits per heavy atom. The lowest BCUT2D eigenvalue weighted by Gasteiger charge is -2.26. The Bertz CT molecular complexity index is 688. The highest BCUT2D eigenvalue weighted by molar-refractivity contribution is 5.79. The summed E-state index contributed by atoms with van der Waals surface area (Å²) in [7, 11) is 1.83. The lowest BCUT2D eigenvalue weighted by atomic mass is 10.1. The molecule has 0 bridgehead atoms. The number of hydrogen-bond donors (Lipinski definition) is 2. The number of nitrogens with zero attached hydrogens (tertiary/aromatic N) is 4. The van der Waals surface area contributed by atoms with Gasteiger partial charge in [0.1, 0.15) is 5.82 Å². The molecule has 1 aliphatic rings. The van der Waals surface area contributed by atoms with Gasteiger partial charge in [0.2, 0.25) is 0 Å². The van der Waals surface area contributed by atoms with Gasteiger partial charge in [0, 0.05) is 52.0 Å². The molecule has 2 heterocycles. The molecule has 1 fully saturated rings. The average Bonchev–Trinajstić information content (AvgIpc) is 3.15. The summed E-state index contributed by atoms with van der Waals surface area (Å²) >= 11 is 0. The molecule has 146 valence electrons. The van der Waals surface area contributed by atoms with E-state index >= 15 is 0 Å². The quantitative estimate of drug-likeness (QED) is 0.554. The fourth-order valence-corrected chi connectivity index (χ4v) is 3.52. The van der Waals surface area contributed by atoms with Crippen molar-refractivity contribution in [3.8, 4) is 0 Å². The van der Waals surface area contributed by atoms with E-state index in [0.717, 1.165) is 44.4 Å². The molecule has 27 heavy (non-hydrogen) atoms. The van der Waals surface area contributed by atoms with E-state index < -0.39 is 0 Å². The molecular weight excluding hydrogens is 336 g/mol. The number of likely N-dealkylation sites (tertiary alicyclic amines) is 1. The number of piperidine rings is 1. The van der Waals surface area contributed by atoms with E-state index in [2.05, 4.69) is 54.3 Å². The van der Waals surface area contributed by atoms with Crippen LogP contribution < -0.4 is 10.6 Å². The number of guanidine groups is 1. The van der Waals surface area contributed by atoms with Gasteiger partial charge in [-0.2, -0.15) is 0 Å². The normalized spacial score (nSPS) is 15.7. The molecule has 0 unspecified atom stereocenters. The van der Waals surface area contributed by atoms with Crippen LogP contribution in [0, 0.1) is 0 Å². The molecule has 6 nitrogen and oxygen atoms in total. The van der Waals surface area contributed by atoms with Crippen LogP contribution in [0.4, 0.5) is 0 Å². The maximum Gasteiger partial charge on any atom is 0.191 e. The van der Waals surface area contributed by atoms with Crippen LogP contribution in [0.15, 0.2) is 47.7 Å². The number of nitrogens with one attached hydrogen (secondary N) is 2. The lowest BCUT2D eigenvalue weighted by Crippen LogP contribution is -2.43. The summed E-state index contributed by atoms with van der Waals surface area (Å²) in [6, 6.07) is 10.5. The highest BCUT2D eigenvalue weighted by Gasteiger charge is 2.09. The number of benzene rings is 1. The Morgan fingerprint density at radius 1 is 1.07 bits per heavy atom. The maximum atomic E-state index is 4.51. The van der Waals surface area contributed by atoms with Gasteiger partial charge in [-0.25, -0.2) is 4.98 Å². The summed E-state index contributed by atoms with van der Waals surface area (Å²) in [4.78, 5) is 11.4. The Balaban J connectivity index is 1.39. The Kier molecular flexibility index (Phi) is 7.71. The maximum absolute atomic E-state index is 4.51. The minimum atomic E-state index is 0.815. The van der Waals surface area contributed by atoms with E-state index in [0.29, 0.717) is 0 Å². The van der Waals surface area contributed by atoms with Gasteiger partial charge in [-0.05, 0) is 31.5 Å². The Morgan fingerprint density at radius 2 is 1.85 bits per heavy atom. The monoisotopic (exact) mass is 368 g/mol. The first kappa shape index (κ1) is 19.4. The first-order valence-electron chi connectivity index (χ1n) is 10.1. The first-order chi connectivity index (χ1) is 13.3. The van der Waals surface area contributed by atoms with Crippen molar-refractivity contribution in [1.82, 2.24) is 25.1 Å². The van der Waals surface area contributed by atoms with Crippen molar-refractivity contribution in [1.29, 1.82) is 0 Å². The molecule has 1 aromatic carbocycles. The number of rotatable bonds is 8. The first-order valence-corrected chi connectivity index (χ1v) is 10.1. The third-order valence-corrected chi connectivity index (χ3v) is 5.03. The van der Waals surface area contributed by atoms with Gasteiger partial charge in [-0.1, -0.05) is 36.8 Å². The van der Waals surface area contributed by atoms with Crippen molar-refractivity contribution in [2.75, 3.05) is 39.8 Å². The zero-order valence-electron chi connectivity index (χ0n) is 16.4. The predicted molar refractivity (Wildman–Crippen MR) is 111 cm³/mol. The SMILES string of the molecule is CN=C(NCCc1nccn1Cc1ccccc1)NCCN1CCCCC1. The van der Waals surface area contributed by atoms with Crippen LogP contribution in [-0.2, 0) is 13.0 Å². The van der Waals surface area contributed by atoms with Gasteiger partial charge in [0.25, 0.3) is 0 Å². The molecule has 2 aromatic rings. The molecule has 1 aliphatic heterocycles. The van der Waals surface area contributed by atoms with Crippen LogP contribution in [0.2, 0.25) is 0 Å². The van der Waals surface area contributed by atoms with Crippen molar-refractivity contribution < 1.29 is 0 Å². The molecule has 0 aliphatic carbocycles. The fourth-order valence-electron chi connectivity index (χ4n) is 3.52. The van der Waals surface area contributed by atoms with E-state index in [1.165, 1.54) is 37.9 Å². The second-order valence-electron chi connectivity index (χ2n) is 7.04. The van der Waals surface area contributed by atoms with Gasteiger partial charge in [-0.15, -0.1) is 0 Å². The molecule has 0 atom stereocenters. The van der Waals surface area contributed by atoms with Crippen molar-refractivity contribution in [2.45, 2.75) is 32.2 Å². The van der Waals surface area contributed by atoms with E-state index in [1.807, 2.05) is 25.5 Å². The average molecular weight is 369 g/mol. The zero-order chi connectivity index (χ0) is 18.7. The number of imidazole rings is 1. The molecule has 0 amide bonds. The summed E-state index contributed by atoms with van der Waals surface area (Å²) in [6.45, 7) is 6.16.